The average molecular weight is 192 g/mol. The second-order valence-corrected chi connectivity index (χ2v) is 3.25. The smallest absolute Gasteiger partial charge is 0.166 e. The van der Waals surface area contributed by atoms with Crippen molar-refractivity contribution in [1.82, 2.24) is 0 Å². The third kappa shape index (κ3) is 3.66. The van der Waals surface area contributed by atoms with Gasteiger partial charge in [0.1, 0.15) is 0 Å². The molecule has 0 amide bonds. The van der Waals surface area contributed by atoms with Gasteiger partial charge in [-0.25, -0.2) is 0 Å². The molecule has 0 aromatic heterocycles. The highest BCUT2D eigenvalue weighted by Gasteiger charge is 2.33. The summed E-state index contributed by atoms with van der Waals surface area (Å²) in [5, 5.41) is 0. The molecule has 0 fully saturated rings. The van der Waals surface area contributed by atoms with E-state index in [0.717, 1.165) is 6.08 Å². The van der Waals surface area contributed by atoms with Crippen molar-refractivity contribution in [2.75, 3.05) is 0 Å². The van der Waals surface area contributed by atoms with Crippen LogP contribution >= 0.6 is 0 Å². The predicted molar refractivity (Wildman–Crippen MR) is 48.4 cm³/mol. The van der Waals surface area contributed by atoms with Gasteiger partial charge in [-0.05, 0) is 19.8 Å². The lowest BCUT2D eigenvalue weighted by Crippen LogP contribution is -2.13. The van der Waals surface area contributed by atoms with E-state index in [1.807, 2.05) is 0 Å². The summed E-state index contributed by atoms with van der Waals surface area (Å²) in [4.78, 5) is 0. The zero-order valence-corrected chi connectivity index (χ0v) is 8.37. The number of alkyl halides is 3. The minimum Gasteiger partial charge on any atom is -0.166 e. The Morgan fingerprint density at radius 2 is 1.69 bits per heavy atom. The summed E-state index contributed by atoms with van der Waals surface area (Å²) in [6, 6.07) is 0. The van der Waals surface area contributed by atoms with E-state index >= 15 is 0 Å². The highest BCUT2D eigenvalue weighted by Crippen LogP contribution is 2.31. The Hall–Kier alpha value is -0.730. The highest BCUT2D eigenvalue weighted by molar-refractivity contribution is 5.29. The third-order valence-corrected chi connectivity index (χ3v) is 1.93. The van der Waals surface area contributed by atoms with Crippen LogP contribution in [0.4, 0.5) is 13.2 Å². The molecular weight excluding hydrogens is 177 g/mol. The second kappa shape index (κ2) is 4.49. The maximum absolute atomic E-state index is 12.4. The number of hydrogen-bond acceptors (Lipinski definition) is 0. The maximum Gasteiger partial charge on any atom is 0.416 e. The van der Waals surface area contributed by atoms with Crippen molar-refractivity contribution in [3.05, 3.63) is 23.3 Å². The molecule has 0 N–H and O–H groups in total. The van der Waals surface area contributed by atoms with Crippen LogP contribution in [-0.4, -0.2) is 6.18 Å². The zero-order chi connectivity index (χ0) is 10.6. The molecule has 0 radical (unpaired) electrons. The number of rotatable bonds is 2. The Labute approximate surface area is 77.1 Å². The molecule has 0 aromatic carbocycles. The fraction of sp³-hybridized carbons (Fsp3) is 0.600. The van der Waals surface area contributed by atoms with Crippen molar-refractivity contribution in [2.24, 2.45) is 5.92 Å². The van der Waals surface area contributed by atoms with Crippen LogP contribution in [0.2, 0.25) is 0 Å². The van der Waals surface area contributed by atoms with Crippen molar-refractivity contribution in [3.63, 3.8) is 0 Å². The van der Waals surface area contributed by atoms with E-state index in [1.165, 1.54) is 13.0 Å². The fourth-order valence-corrected chi connectivity index (χ4v) is 0.927. The van der Waals surface area contributed by atoms with Crippen LogP contribution in [0, 0.1) is 5.92 Å². The second-order valence-electron chi connectivity index (χ2n) is 3.25. The maximum atomic E-state index is 12.4. The summed E-state index contributed by atoms with van der Waals surface area (Å²) in [6.45, 7) is 6.61. The molecule has 0 saturated heterocycles. The highest BCUT2D eigenvalue weighted by atomic mass is 19.4. The summed E-state index contributed by atoms with van der Waals surface area (Å²) in [5.41, 5.74) is -0.143. The van der Waals surface area contributed by atoms with Crippen LogP contribution in [0.1, 0.15) is 27.7 Å². The molecule has 0 atom stereocenters. The van der Waals surface area contributed by atoms with Crippen LogP contribution in [0.25, 0.3) is 0 Å². The molecule has 76 valence electrons. The van der Waals surface area contributed by atoms with Gasteiger partial charge >= 0.3 is 6.18 Å². The van der Waals surface area contributed by atoms with E-state index in [2.05, 4.69) is 0 Å². The van der Waals surface area contributed by atoms with Crippen molar-refractivity contribution in [3.8, 4) is 0 Å². The Balaban J connectivity index is 5.13. The molecule has 0 unspecified atom stereocenters. The number of hydrogen-bond donors (Lipinski definition) is 0. The molecule has 0 heterocycles. The van der Waals surface area contributed by atoms with Crippen LogP contribution in [0.3, 0.4) is 0 Å². The van der Waals surface area contributed by atoms with Gasteiger partial charge in [0.05, 0.1) is 5.57 Å². The molecule has 3 heteroatoms. The van der Waals surface area contributed by atoms with E-state index in [4.69, 9.17) is 0 Å². The van der Waals surface area contributed by atoms with Crippen molar-refractivity contribution in [1.29, 1.82) is 0 Å². The first-order valence-corrected chi connectivity index (χ1v) is 4.21. The molecular formula is C10H15F3. The van der Waals surface area contributed by atoms with E-state index in [-0.39, 0.29) is 5.92 Å². The van der Waals surface area contributed by atoms with E-state index in [0.29, 0.717) is 5.57 Å². The third-order valence-electron chi connectivity index (χ3n) is 1.93. The lowest BCUT2D eigenvalue weighted by Gasteiger charge is -2.14. The molecule has 0 aliphatic heterocycles. The predicted octanol–water partition coefficient (Wildman–Crippen LogP) is 4.10. The summed E-state index contributed by atoms with van der Waals surface area (Å²) in [5.74, 6) is -0.0761. The first-order chi connectivity index (χ1) is 5.80. The zero-order valence-electron chi connectivity index (χ0n) is 8.37. The molecule has 0 aliphatic rings. The van der Waals surface area contributed by atoms with Gasteiger partial charge in [0.2, 0.25) is 0 Å². The van der Waals surface area contributed by atoms with Gasteiger partial charge in [-0.3, -0.25) is 0 Å². The summed E-state index contributed by atoms with van der Waals surface area (Å²) < 4.78 is 37.2. The molecule has 0 nitrogen and oxygen atoms in total. The first kappa shape index (κ1) is 12.3. The topological polar surface area (TPSA) is 0 Å². The number of allylic oxidation sites excluding steroid dienone is 4. The standard InChI is InChI=1S/C10H15F3/c1-5-6-9(10(11,12)13)8(4)7(2)3/h5-7H,1-4H3/b6-5-,9-8-. The molecule has 0 spiro atoms. The molecule has 0 bridgehead atoms. The molecule has 13 heavy (non-hydrogen) atoms. The molecule has 0 saturated carbocycles. The fourth-order valence-electron chi connectivity index (χ4n) is 0.927. The number of halogens is 3. The Morgan fingerprint density at radius 3 is 1.92 bits per heavy atom. The molecule has 0 rings (SSSR count). The summed E-state index contributed by atoms with van der Waals surface area (Å²) in [7, 11) is 0. The van der Waals surface area contributed by atoms with Crippen molar-refractivity contribution >= 4 is 0 Å². The van der Waals surface area contributed by atoms with Gasteiger partial charge in [-0.1, -0.05) is 31.6 Å². The minimum absolute atomic E-state index is 0.0761. The Bertz CT molecular complexity index is 219. The minimum atomic E-state index is -4.24. The van der Waals surface area contributed by atoms with Gasteiger partial charge < -0.3 is 0 Å². The van der Waals surface area contributed by atoms with Crippen molar-refractivity contribution < 1.29 is 13.2 Å². The lowest BCUT2D eigenvalue weighted by molar-refractivity contribution is -0.0893. The van der Waals surface area contributed by atoms with Crippen LogP contribution in [0.15, 0.2) is 23.3 Å². The Morgan fingerprint density at radius 1 is 1.23 bits per heavy atom. The van der Waals surface area contributed by atoms with Gasteiger partial charge in [0.25, 0.3) is 0 Å². The normalized spacial score (nSPS) is 15.4. The molecule has 0 aromatic rings. The average Bonchev–Trinajstić information content (AvgIpc) is 1.96. The quantitative estimate of drug-likeness (QED) is 0.578. The monoisotopic (exact) mass is 192 g/mol. The van der Waals surface area contributed by atoms with E-state index in [1.54, 1.807) is 20.8 Å². The van der Waals surface area contributed by atoms with Gasteiger partial charge in [0.15, 0.2) is 0 Å². The van der Waals surface area contributed by atoms with E-state index < -0.39 is 11.7 Å². The van der Waals surface area contributed by atoms with Gasteiger partial charge in [0, 0.05) is 0 Å². The largest absolute Gasteiger partial charge is 0.416 e. The van der Waals surface area contributed by atoms with Crippen molar-refractivity contribution in [2.45, 2.75) is 33.9 Å². The van der Waals surface area contributed by atoms with Crippen LogP contribution < -0.4 is 0 Å². The van der Waals surface area contributed by atoms with Gasteiger partial charge in [-0.2, -0.15) is 13.2 Å². The first-order valence-electron chi connectivity index (χ1n) is 4.21. The van der Waals surface area contributed by atoms with E-state index in [9.17, 15) is 13.2 Å². The summed E-state index contributed by atoms with van der Waals surface area (Å²) in [6.07, 6.45) is -1.70. The van der Waals surface area contributed by atoms with Gasteiger partial charge in [-0.15, -0.1) is 0 Å². The molecule has 0 aliphatic carbocycles. The SMILES string of the molecule is C/C=C\C(=C(/C)C(C)C)C(F)(F)F. The summed E-state index contributed by atoms with van der Waals surface area (Å²) >= 11 is 0. The Kier molecular flexibility index (Phi) is 4.24. The van der Waals surface area contributed by atoms with Crippen LogP contribution in [0.5, 0.6) is 0 Å². The lowest BCUT2D eigenvalue weighted by atomic mass is 9.98. The van der Waals surface area contributed by atoms with Crippen LogP contribution in [-0.2, 0) is 0 Å².